The van der Waals surface area contributed by atoms with E-state index in [0.717, 1.165) is 17.6 Å². The second-order valence-electron chi connectivity index (χ2n) is 7.71. The lowest BCUT2D eigenvalue weighted by Crippen LogP contribution is -2.43. The molecule has 0 spiro atoms. The third kappa shape index (κ3) is 6.08. The highest BCUT2D eigenvalue weighted by Gasteiger charge is 2.33. The molecule has 1 aliphatic heterocycles. The summed E-state index contributed by atoms with van der Waals surface area (Å²) in [5.41, 5.74) is 1.45. The zero-order chi connectivity index (χ0) is 23.1. The van der Waals surface area contributed by atoms with Crippen LogP contribution in [0.4, 0.5) is 5.69 Å². The van der Waals surface area contributed by atoms with Crippen molar-refractivity contribution < 1.29 is 18.1 Å². The van der Waals surface area contributed by atoms with E-state index in [1.165, 1.54) is 22.0 Å². The van der Waals surface area contributed by atoms with Gasteiger partial charge in [0.05, 0.1) is 9.82 Å². The Balaban J connectivity index is 1.47. The van der Waals surface area contributed by atoms with E-state index in [9.17, 15) is 23.3 Å². The van der Waals surface area contributed by atoms with Crippen molar-refractivity contribution in [3.05, 3.63) is 69.8 Å². The second-order valence-corrected chi connectivity index (χ2v) is 10.7. The summed E-state index contributed by atoms with van der Waals surface area (Å²) in [5, 5.41) is 14.0. The number of nitrogens with zero attached hydrogens (tertiary/aromatic N) is 2. The minimum absolute atomic E-state index is 0.0473. The molecule has 32 heavy (non-hydrogen) atoms. The van der Waals surface area contributed by atoms with Crippen molar-refractivity contribution in [2.45, 2.75) is 30.4 Å². The summed E-state index contributed by atoms with van der Waals surface area (Å²) < 4.78 is 27.4. The van der Waals surface area contributed by atoms with Crippen molar-refractivity contribution in [2.24, 2.45) is 5.92 Å². The van der Waals surface area contributed by atoms with Crippen LogP contribution in [0.5, 0.6) is 0 Å². The smallest absolute Gasteiger partial charge is 0.270 e. The highest BCUT2D eigenvalue weighted by Crippen LogP contribution is 2.28. The van der Waals surface area contributed by atoms with Crippen LogP contribution in [0.3, 0.4) is 0 Å². The molecule has 0 atom stereocenters. The zero-order valence-electron chi connectivity index (χ0n) is 17.9. The van der Waals surface area contributed by atoms with Gasteiger partial charge in [-0.15, -0.1) is 0 Å². The topological polar surface area (TPSA) is 110 Å². The van der Waals surface area contributed by atoms with Crippen molar-refractivity contribution >= 4 is 33.4 Å². The fraction of sp³-hybridized carbons (Fsp3) is 0.409. The summed E-state index contributed by atoms with van der Waals surface area (Å²) in [6.45, 7) is 2.62. The van der Waals surface area contributed by atoms with Crippen LogP contribution in [-0.2, 0) is 20.6 Å². The second kappa shape index (κ2) is 10.9. The van der Waals surface area contributed by atoms with Gasteiger partial charge in [0.25, 0.3) is 5.69 Å². The average Bonchev–Trinajstić information content (AvgIpc) is 2.79. The van der Waals surface area contributed by atoms with Crippen molar-refractivity contribution in [3.8, 4) is 0 Å². The molecule has 172 valence electrons. The largest absolute Gasteiger partial charge is 0.355 e. The Kier molecular flexibility index (Phi) is 8.27. The van der Waals surface area contributed by atoms with Gasteiger partial charge in [0.2, 0.25) is 15.9 Å². The number of sulfonamides is 1. The Morgan fingerprint density at radius 3 is 2.53 bits per heavy atom. The molecule has 1 aliphatic rings. The molecule has 1 heterocycles. The highest BCUT2D eigenvalue weighted by molar-refractivity contribution is 7.98. The monoisotopic (exact) mass is 477 g/mol. The van der Waals surface area contributed by atoms with Gasteiger partial charge in [-0.2, -0.15) is 16.1 Å². The zero-order valence-corrected chi connectivity index (χ0v) is 19.5. The fourth-order valence-corrected chi connectivity index (χ4v) is 6.17. The number of aryl methyl sites for hydroxylation is 1. The normalized spacial score (nSPS) is 15.4. The lowest BCUT2D eigenvalue weighted by molar-refractivity contribution is -0.385. The van der Waals surface area contributed by atoms with Crippen LogP contribution in [-0.4, -0.2) is 48.9 Å². The number of piperidine rings is 1. The van der Waals surface area contributed by atoms with Crippen molar-refractivity contribution in [3.63, 3.8) is 0 Å². The van der Waals surface area contributed by atoms with Crippen LogP contribution in [0.15, 0.2) is 53.4 Å². The molecule has 10 heteroatoms. The third-order valence-electron chi connectivity index (χ3n) is 5.48. The Morgan fingerprint density at radius 2 is 1.88 bits per heavy atom. The van der Waals surface area contributed by atoms with Crippen molar-refractivity contribution in [2.75, 3.05) is 25.4 Å². The minimum atomic E-state index is -3.85. The van der Waals surface area contributed by atoms with Crippen LogP contribution in [0, 0.1) is 23.0 Å². The van der Waals surface area contributed by atoms with E-state index in [1.807, 2.05) is 18.2 Å². The molecular formula is C22H27N3O5S2. The molecule has 0 radical (unpaired) electrons. The first kappa shape index (κ1) is 24.2. The molecule has 1 fully saturated rings. The molecule has 1 N–H and O–H groups in total. The Bertz CT molecular complexity index is 1050. The first-order valence-corrected chi connectivity index (χ1v) is 13.0. The molecule has 2 aromatic rings. The summed E-state index contributed by atoms with van der Waals surface area (Å²) in [5.74, 6) is 1.42. The van der Waals surface area contributed by atoms with Crippen LogP contribution in [0.1, 0.15) is 24.0 Å². The molecule has 0 aliphatic carbocycles. The van der Waals surface area contributed by atoms with E-state index < -0.39 is 14.9 Å². The molecule has 0 saturated carbocycles. The summed E-state index contributed by atoms with van der Waals surface area (Å²) in [4.78, 5) is 22.8. The predicted octanol–water partition coefficient (Wildman–Crippen LogP) is 3.35. The standard InChI is InChI=1S/C22H27N3O5S2/c1-17-7-8-20(25(27)28)15-21(17)32(29,30)24-12-9-19(10-13-24)22(26)23-11-14-31-16-18-5-3-2-4-6-18/h2-8,15,19H,9-14,16H2,1H3,(H,23,26). The quantitative estimate of drug-likeness (QED) is 0.337. The van der Waals surface area contributed by atoms with Gasteiger partial charge in [0, 0.05) is 49.2 Å². The number of carbonyl (C=O) groups is 1. The number of amides is 1. The number of benzene rings is 2. The molecule has 0 unspecified atom stereocenters. The summed E-state index contributed by atoms with van der Waals surface area (Å²) >= 11 is 1.75. The van der Waals surface area contributed by atoms with Crippen molar-refractivity contribution in [1.82, 2.24) is 9.62 Å². The number of nitrogens with one attached hydrogen (secondary N) is 1. The molecule has 3 rings (SSSR count). The van der Waals surface area contributed by atoms with E-state index in [1.54, 1.807) is 18.7 Å². The highest BCUT2D eigenvalue weighted by atomic mass is 32.2. The van der Waals surface area contributed by atoms with Gasteiger partial charge in [-0.05, 0) is 30.9 Å². The van der Waals surface area contributed by atoms with Crippen LogP contribution in [0.25, 0.3) is 0 Å². The van der Waals surface area contributed by atoms with Crippen molar-refractivity contribution in [1.29, 1.82) is 0 Å². The first-order valence-electron chi connectivity index (χ1n) is 10.4. The SMILES string of the molecule is Cc1ccc([N+](=O)[O-])cc1S(=O)(=O)N1CCC(C(=O)NCCSCc2ccccc2)CC1. The molecule has 1 amide bonds. The van der Waals surface area contributed by atoms with E-state index >= 15 is 0 Å². The van der Waals surface area contributed by atoms with E-state index in [4.69, 9.17) is 0 Å². The molecular weight excluding hydrogens is 450 g/mol. The maximum absolute atomic E-state index is 13.0. The third-order valence-corrected chi connectivity index (χ3v) is 8.55. The summed E-state index contributed by atoms with van der Waals surface area (Å²) in [7, 11) is -3.85. The van der Waals surface area contributed by atoms with Crippen LogP contribution < -0.4 is 5.32 Å². The van der Waals surface area contributed by atoms with Gasteiger partial charge in [0.1, 0.15) is 0 Å². The Hall–Kier alpha value is -2.43. The molecule has 2 aromatic carbocycles. The van der Waals surface area contributed by atoms with E-state index in [-0.39, 0.29) is 35.5 Å². The lowest BCUT2D eigenvalue weighted by atomic mass is 9.97. The number of carbonyl (C=O) groups excluding carboxylic acids is 1. The predicted molar refractivity (Wildman–Crippen MR) is 125 cm³/mol. The van der Waals surface area contributed by atoms with Gasteiger partial charge < -0.3 is 5.32 Å². The van der Waals surface area contributed by atoms with Gasteiger partial charge in [-0.3, -0.25) is 14.9 Å². The number of thioether (sulfide) groups is 1. The number of non-ortho nitro benzene ring substituents is 1. The maximum atomic E-state index is 13.0. The van der Waals surface area contributed by atoms with Gasteiger partial charge in [-0.1, -0.05) is 36.4 Å². The molecule has 8 nitrogen and oxygen atoms in total. The minimum Gasteiger partial charge on any atom is -0.355 e. The van der Waals surface area contributed by atoms with E-state index in [0.29, 0.717) is 24.9 Å². The van der Waals surface area contributed by atoms with Crippen LogP contribution >= 0.6 is 11.8 Å². The van der Waals surface area contributed by atoms with Gasteiger partial charge in [-0.25, -0.2) is 8.42 Å². The Morgan fingerprint density at radius 1 is 1.19 bits per heavy atom. The average molecular weight is 478 g/mol. The number of nitro groups is 1. The van der Waals surface area contributed by atoms with E-state index in [2.05, 4.69) is 17.4 Å². The summed E-state index contributed by atoms with van der Waals surface area (Å²) in [6, 6.07) is 14.0. The lowest BCUT2D eigenvalue weighted by Gasteiger charge is -2.30. The fourth-order valence-electron chi connectivity index (χ4n) is 3.63. The van der Waals surface area contributed by atoms with Crippen LogP contribution in [0.2, 0.25) is 0 Å². The molecule has 0 aromatic heterocycles. The molecule has 0 bridgehead atoms. The number of hydrogen-bond donors (Lipinski definition) is 1. The van der Waals surface area contributed by atoms with Gasteiger partial charge >= 0.3 is 0 Å². The number of nitro benzene ring substituents is 1. The Labute approximate surface area is 192 Å². The number of hydrogen-bond acceptors (Lipinski definition) is 6. The molecule has 1 saturated heterocycles. The summed E-state index contributed by atoms with van der Waals surface area (Å²) in [6.07, 6.45) is 0.854. The van der Waals surface area contributed by atoms with Gasteiger partial charge in [0.15, 0.2) is 0 Å². The first-order chi connectivity index (χ1) is 15.3. The number of rotatable bonds is 9. The maximum Gasteiger partial charge on any atom is 0.270 e.